The third kappa shape index (κ3) is 3.33. The Kier molecular flexibility index (Phi) is 4.97. The number of hydrogen-bond donors (Lipinski definition) is 2. The van der Waals surface area contributed by atoms with Crippen LogP contribution in [0, 0.1) is 0 Å². The number of Topliss-reactive ketones (excluding diaryl/α,β-unsaturated/α-hetero) is 1. The molecule has 0 fully saturated rings. The largest absolute Gasteiger partial charge is 0.503 e. The number of nitrogens with zero attached hydrogens (tertiary/aromatic N) is 1. The summed E-state index contributed by atoms with van der Waals surface area (Å²) in [5, 5.41) is 11.5. The van der Waals surface area contributed by atoms with Crippen LogP contribution in [0.3, 0.4) is 0 Å². The van der Waals surface area contributed by atoms with Crippen LogP contribution in [0.2, 0.25) is 0 Å². The van der Waals surface area contributed by atoms with E-state index in [1.807, 2.05) is 54.7 Å². The molecule has 5 nitrogen and oxygen atoms in total. The lowest BCUT2D eigenvalue weighted by molar-refractivity contribution is -0.129. The Morgan fingerprint density at radius 2 is 1.86 bits per heavy atom. The summed E-state index contributed by atoms with van der Waals surface area (Å²) in [4.78, 5) is 29.9. The number of aliphatic hydroxyl groups is 1. The Labute approximate surface area is 169 Å². The van der Waals surface area contributed by atoms with Crippen LogP contribution < -0.4 is 0 Å². The van der Waals surface area contributed by atoms with Crippen LogP contribution in [0.4, 0.5) is 0 Å². The van der Waals surface area contributed by atoms with Crippen LogP contribution in [0.5, 0.6) is 0 Å². The van der Waals surface area contributed by atoms with E-state index < -0.39 is 17.7 Å². The van der Waals surface area contributed by atoms with Crippen LogP contribution in [0.25, 0.3) is 10.9 Å². The second-order valence-electron chi connectivity index (χ2n) is 7.42. The van der Waals surface area contributed by atoms with E-state index in [-0.39, 0.29) is 11.4 Å². The Balaban J connectivity index is 1.66. The number of hydrogen-bond acceptors (Lipinski definition) is 3. The molecule has 2 heterocycles. The van der Waals surface area contributed by atoms with E-state index >= 15 is 0 Å². The Morgan fingerprint density at radius 3 is 2.55 bits per heavy atom. The predicted octanol–water partition coefficient (Wildman–Crippen LogP) is 4.26. The molecule has 0 bridgehead atoms. The van der Waals surface area contributed by atoms with Crippen LogP contribution in [-0.4, -0.2) is 33.2 Å². The minimum Gasteiger partial charge on any atom is -0.503 e. The quantitative estimate of drug-likeness (QED) is 0.663. The molecule has 0 unspecified atom stereocenters. The van der Waals surface area contributed by atoms with Crippen LogP contribution in [0.15, 0.2) is 66.1 Å². The SMILES string of the molecule is CCc1ccc([C@@H]2C(C(C)=O)=C(O)C(=O)N2CCc2c[nH]c3ccccc23)cc1. The highest BCUT2D eigenvalue weighted by Crippen LogP contribution is 2.38. The zero-order valence-corrected chi connectivity index (χ0v) is 16.6. The van der Waals surface area contributed by atoms with Crippen molar-refractivity contribution in [1.82, 2.24) is 9.88 Å². The van der Waals surface area contributed by atoms with Gasteiger partial charge in [-0.05, 0) is 42.5 Å². The second-order valence-corrected chi connectivity index (χ2v) is 7.42. The van der Waals surface area contributed by atoms with Gasteiger partial charge >= 0.3 is 0 Å². The van der Waals surface area contributed by atoms with Crippen LogP contribution in [-0.2, 0) is 22.4 Å². The lowest BCUT2D eigenvalue weighted by atomic mass is 9.95. The van der Waals surface area contributed by atoms with Gasteiger partial charge in [0.15, 0.2) is 11.5 Å². The number of nitrogens with one attached hydrogen (secondary N) is 1. The van der Waals surface area contributed by atoms with E-state index in [0.717, 1.165) is 28.5 Å². The molecule has 5 heteroatoms. The highest BCUT2D eigenvalue weighted by Gasteiger charge is 2.42. The molecule has 2 aromatic carbocycles. The molecule has 2 N–H and O–H groups in total. The minimum atomic E-state index is -0.559. The molecule has 1 aromatic heterocycles. The number of rotatable bonds is 6. The van der Waals surface area contributed by atoms with E-state index in [4.69, 9.17) is 0 Å². The molecule has 0 saturated heterocycles. The maximum absolute atomic E-state index is 12.8. The maximum Gasteiger partial charge on any atom is 0.290 e. The van der Waals surface area contributed by atoms with Crippen molar-refractivity contribution in [3.63, 3.8) is 0 Å². The van der Waals surface area contributed by atoms with Crippen molar-refractivity contribution < 1.29 is 14.7 Å². The smallest absolute Gasteiger partial charge is 0.290 e. The van der Waals surface area contributed by atoms with Gasteiger partial charge in [0.05, 0.1) is 11.6 Å². The number of para-hydroxylation sites is 1. The average molecular weight is 388 g/mol. The van der Waals surface area contributed by atoms with Gasteiger partial charge in [-0.2, -0.15) is 0 Å². The molecule has 1 atom stereocenters. The van der Waals surface area contributed by atoms with Crippen molar-refractivity contribution in [2.75, 3.05) is 6.54 Å². The Bertz CT molecular complexity index is 1110. The number of carbonyl (C=O) groups is 2. The zero-order chi connectivity index (χ0) is 20.5. The molecule has 0 aliphatic carbocycles. The summed E-state index contributed by atoms with van der Waals surface area (Å²) in [6, 6.07) is 15.4. The number of ketones is 1. The maximum atomic E-state index is 12.8. The summed E-state index contributed by atoms with van der Waals surface area (Å²) >= 11 is 0. The number of H-pyrrole nitrogens is 1. The molecule has 4 rings (SSSR count). The number of amides is 1. The lowest BCUT2D eigenvalue weighted by Crippen LogP contribution is -2.32. The summed E-state index contributed by atoms with van der Waals surface area (Å²) in [6.45, 7) is 3.88. The van der Waals surface area contributed by atoms with Gasteiger partial charge < -0.3 is 15.0 Å². The van der Waals surface area contributed by atoms with Gasteiger partial charge in [0.1, 0.15) is 0 Å². The first-order chi connectivity index (χ1) is 14.0. The highest BCUT2D eigenvalue weighted by atomic mass is 16.3. The standard InChI is InChI=1S/C24H24N2O3/c1-3-16-8-10-17(11-9-16)22-21(15(2)27)23(28)24(29)26(22)13-12-18-14-25-20-7-5-4-6-19(18)20/h4-11,14,22,25,28H,3,12-13H2,1-2H3/t22-/m1/s1. The van der Waals surface area contributed by atoms with Gasteiger partial charge in [0, 0.05) is 23.6 Å². The fourth-order valence-corrected chi connectivity index (χ4v) is 4.11. The lowest BCUT2D eigenvalue weighted by Gasteiger charge is -2.26. The Morgan fingerprint density at radius 1 is 1.14 bits per heavy atom. The van der Waals surface area contributed by atoms with Crippen molar-refractivity contribution >= 4 is 22.6 Å². The van der Waals surface area contributed by atoms with E-state index in [2.05, 4.69) is 11.9 Å². The van der Waals surface area contributed by atoms with Crippen molar-refractivity contribution in [3.8, 4) is 0 Å². The summed E-state index contributed by atoms with van der Waals surface area (Å²) < 4.78 is 0. The molecular formula is C24H24N2O3. The molecular weight excluding hydrogens is 364 g/mol. The molecule has 1 amide bonds. The summed E-state index contributed by atoms with van der Waals surface area (Å²) in [5.74, 6) is -1.20. The van der Waals surface area contributed by atoms with Gasteiger partial charge in [-0.1, -0.05) is 49.4 Å². The molecule has 0 saturated carbocycles. The number of aromatic nitrogens is 1. The van der Waals surface area contributed by atoms with Crippen molar-refractivity contribution in [2.24, 2.45) is 0 Å². The number of fused-ring (bicyclic) bond motifs is 1. The van der Waals surface area contributed by atoms with E-state index in [0.29, 0.717) is 13.0 Å². The second kappa shape index (κ2) is 7.59. The summed E-state index contributed by atoms with van der Waals surface area (Å²) in [5.41, 5.74) is 4.35. The molecule has 148 valence electrons. The molecule has 29 heavy (non-hydrogen) atoms. The molecule has 0 radical (unpaired) electrons. The molecule has 1 aliphatic rings. The number of benzene rings is 2. The van der Waals surface area contributed by atoms with E-state index in [1.54, 1.807) is 4.90 Å². The van der Waals surface area contributed by atoms with Gasteiger partial charge in [-0.3, -0.25) is 9.59 Å². The van der Waals surface area contributed by atoms with Crippen molar-refractivity contribution in [2.45, 2.75) is 32.7 Å². The molecule has 3 aromatic rings. The summed E-state index contributed by atoms with van der Waals surface area (Å²) in [6.07, 6.45) is 3.49. The summed E-state index contributed by atoms with van der Waals surface area (Å²) in [7, 11) is 0. The number of carbonyl (C=O) groups excluding carboxylic acids is 2. The average Bonchev–Trinajstić information content (AvgIpc) is 3.25. The first-order valence-electron chi connectivity index (χ1n) is 9.90. The van der Waals surface area contributed by atoms with Crippen LogP contribution in [0.1, 0.15) is 36.6 Å². The van der Waals surface area contributed by atoms with Crippen molar-refractivity contribution in [1.29, 1.82) is 0 Å². The molecule has 0 spiro atoms. The monoisotopic (exact) mass is 388 g/mol. The number of aromatic amines is 1. The van der Waals surface area contributed by atoms with Gasteiger partial charge in [0.2, 0.25) is 0 Å². The Hall–Kier alpha value is -3.34. The minimum absolute atomic E-state index is 0.179. The molecule has 1 aliphatic heterocycles. The van der Waals surface area contributed by atoms with E-state index in [9.17, 15) is 14.7 Å². The fourth-order valence-electron chi connectivity index (χ4n) is 4.11. The predicted molar refractivity (Wildman–Crippen MR) is 113 cm³/mol. The van der Waals surface area contributed by atoms with E-state index in [1.165, 1.54) is 12.5 Å². The third-order valence-corrected chi connectivity index (χ3v) is 5.68. The number of aliphatic hydroxyl groups excluding tert-OH is 1. The van der Waals surface area contributed by atoms with Gasteiger partial charge in [-0.25, -0.2) is 0 Å². The van der Waals surface area contributed by atoms with Gasteiger partial charge in [0.25, 0.3) is 5.91 Å². The first-order valence-corrected chi connectivity index (χ1v) is 9.90. The zero-order valence-electron chi connectivity index (χ0n) is 16.6. The van der Waals surface area contributed by atoms with Gasteiger partial charge in [-0.15, -0.1) is 0 Å². The number of aryl methyl sites for hydroxylation is 1. The highest BCUT2D eigenvalue weighted by molar-refractivity contribution is 6.08. The fraction of sp³-hybridized carbons (Fsp3) is 0.250. The normalized spacial score (nSPS) is 16.8. The topological polar surface area (TPSA) is 73.4 Å². The first kappa shape index (κ1) is 19.0. The van der Waals surface area contributed by atoms with Crippen LogP contribution >= 0.6 is 0 Å². The van der Waals surface area contributed by atoms with Crippen molar-refractivity contribution in [3.05, 3.63) is 82.8 Å². The third-order valence-electron chi connectivity index (χ3n) is 5.68.